The van der Waals surface area contributed by atoms with Crippen molar-refractivity contribution < 1.29 is 37.9 Å². The van der Waals surface area contributed by atoms with Gasteiger partial charge < -0.3 is 24.9 Å². The summed E-state index contributed by atoms with van der Waals surface area (Å²) in [7, 11) is 1.55. The van der Waals surface area contributed by atoms with E-state index in [0.717, 1.165) is 17.1 Å². The van der Waals surface area contributed by atoms with Crippen molar-refractivity contribution in [2.24, 2.45) is 5.16 Å². The maximum absolute atomic E-state index is 13.4. The van der Waals surface area contributed by atoms with E-state index in [1.165, 1.54) is 23.6 Å². The minimum absolute atomic E-state index is 0.0395. The number of halogens is 2. The quantitative estimate of drug-likeness (QED) is 0.0766. The number of thioether (sulfide) groups is 1. The van der Waals surface area contributed by atoms with E-state index in [1.807, 2.05) is 0 Å². The van der Waals surface area contributed by atoms with Gasteiger partial charge in [-0.2, -0.15) is 9.36 Å². The van der Waals surface area contributed by atoms with Crippen LogP contribution in [0.15, 0.2) is 52.8 Å². The van der Waals surface area contributed by atoms with E-state index in [9.17, 15) is 23.6 Å². The predicted molar refractivity (Wildman–Crippen MR) is 162 cm³/mol. The number of nitrogens with zero attached hydrogens (tertiary/aromatic N) is 4. The lowest BCUT2D eigenvalue weighted by molar-refractivity contribution is -0.153. The average molecular weight is 667 g/mol. The standard InChI is InChI=1S/C27H28ClFN6O7S2/c1-15(36)30-27-32-22(34-44-27)19(33-42-12-4-11-29)23(37)31-20-24(38)35-21(17(5-3-10-28)14-43-25(20)35)26(39)41-13-16-6-8-18(40-2)9-7-16/h3,5-9,20,25H,4,10-14H2,1-2H3,(H,31,37)(H,30,32,34,36)/b5-3+,33-19-/t20-,25+/m1/s1. The molecule has 4 rings (SSSR count). The fraction of sp³-hybridized carbons (Fsp3) is 0.370. The second-order valence-corrected chi connectivity index (χ2v) is 11.3. The normalized spacial score (nSPS) is 18.0. The van der Waals surface area contributed by atoms with Crippen LogP contribution in [0.4, 0.5) is 9.52 Å². The van der Waals surface area contributed by atoms with E-state index in [2.05, 4.69) is 25.1 Å². The number of oxime groups is 1. The van der Waals surface area contributed by atoms with Gasteiger partial charge in [-0.1, -0.05) is 29.4 Å². The number of allylic oxidation sites excluding steroid dienone is 2. The Morgan fingerprint density at radius 1 is 1.27 bits per heavy atom. The fourth-order valence-electron chi connectivity index (χ4n) is 4.03. The topological polar surface area (TPSA) is 161 Å². The van der Waals surface area contributed by atoms with Gasteiger partial charge in [-0.05, 0) is 23.3 Å². The number of aromatic nitrogens is 2. The Morgan fingerprint density at radius 2 is 2.05 bits per heavy atom. The number of ether oxygens (including phenoxy) is 2. The molecule has 0 spiro atoms. The van der Waals surface area contributed by atoms with Crippen LogP contribution in [0.3, 0.4) is 0 Å². The zero-order valence-electron chi connectivity index (χ0n) is 23.6. The van der Waals surface area contributed by atoms with Gasteiger partial charge in [0.1, 0.15) is 36.1 Å². The number of carbonyl (C=O) groups is 4. The van der Waals surface area contributed by atoms with Crippen molar-refractivity contribution in [3.63, 3.8) is 0 Å². The second-order valence-electron chi connectivity index (χ2n) is 9.14. The summed E-state index contributed by atoms with van der Waals surface area (Å²) in [5.74, 6) is -1.46. The Bertz CT molecular complexity index is 1480. The van der Waals surface area contributed by atoms with Gasteiger partial charge in [-0.25, -0.2) is 4.79 Å². The molecule has 3 amide bonds. The van der Waals surface area contributed by atoms with Crippen molar-refractivity contribution in [1.29, 1.82) is 0 Å². The lowest BCUT2D eigenvalue weighted by Crippen LogP contribution is -2.71. The lowest BCUT2D eigenvalue weighted by Gasteiger charge is -2.49. The number of nitrogens with one attached hydrogen (secondary N) is 2. The van der Waals surface area contributed by atoms with E-state index in [0.29, 0.717) is 17.1 Å². The molecular formula is C27H28ClFN6O7S2. The first-order valence-corrected chi connectivity index (χ1v) is 15.5. The molecule has 2 N–H and O–H groups in total. The number of amides is 3. The number of alkyl halides is 2. The number of methoxy groups -OCH3 is 1. The third-order valence-electron chi connectivity index (χ3n) is 6.08. The van der Waals surface area contributed by atoms with Gasteiger partial charge in [0.05, 0.1) is 13.8 Å². The molecule has 1 saturated heterocycles. The monoisotopic (exact) mass is 666 g/mol. The SMILES string of the molecule is COc1ccc(COC(=O)C2=C(/C=C/CCl)CS[C@H]3[C@H](NC(=O)/C(=N\OCCCF)c4nsc(NC(C)=O)n4)C(=O)N23)cc1. The lowest BCUT2D eigenvalue weighted by atomic mass is 10.0. The summed E-state index contributed by atoms with van der Waals surface area (Å²) in [6, 6.07) is 5.96. The summed E-state index contributed by atoms with van der Waals surface area (Å²) in [5.41, 5.74) is 0.954. The number of esters is 1. The van der Waals surface area contributed by atoms with Crippen LogP contribution in [0.25, 0.3) is 0 Å². The molecule has 2 aliphatic heterocycles. The Kier molecular flexibility index (Phi) is 11.7. The van der Waals surface area contributed by atoms with Crippen molar-refractivity contribution in [2.45, 2.75) is 31.4 Å². The van der Waals surface area contributed by atoms with Crippen LogP contribution in [0.2, 0.25) is 0 Å². The van der Waals surface area contributed by atoms with Crippen LogP contribution in [-0.4, -0.2) is 87.1 Å². The number of anilines is 1. The molecule has 0 radical (unpaired) electrons. The molecule has 17 heteroatoms. The fourth-order valence-corrected chi connectivity index (χ4v) is 6.05. The zero-order chi connectivity index (χ0) is 31.6. The highest BCUT2D eigenvalue weighted by atomic mass is 35.5. The van der Waals surface area contributed by atoms with E-state index in [4.69, 9.17) is 25.9 Å². The maximum Gasteiger partial charge on any atom is 0.355 e. The first kappa shape index (κ1) is 32.9. The molecule has 234 valence electrons. The van der Waals surface area contributed by atoms with Gasteiger partial charge in [0.15, 0.2) is 0 Å². The molecule has 1 aromatic carbocycles. The highest BCUT2D eigenvalue weighted by molar-refractivity contribution is 8.00. The maximum atomic E-state index is 13.4. The number of hydrogen-bond acceptors (Lipinski definition) is 12. The van der Waals surface area contributed by atoms with Crippen LogP contribution in [0.1, 0.15) is 24.7 Å². The molecule has 1 fully saturated rings. The van der Waals surface area contributed by atoms with Crippen LogP contribution in [0.5, 0.6) is 5.75 Å². The molecule has 0 bridgehead atoms. The molecule has 0 saturated carbocycles. The van der Waals surface area contributed by atoms with E-state index < -0.39 is 41.8 Å². The van der Waals surface area contributed by atoms with Gasteiger partial charge in [0, 0.05) is 36.5 Å². The summed E-state index contributed by atoms with van der Waals surface area (Å²) < 4.78 is 27.3. The minimum atomic E-state index is -1.03. The second kappa shape index (κ2) is 15.6. The van der Waals surface area contributed by atoms with Gasteiger partial charge in [-0.3, -0.25) is 23.7 Å². The Balaban J connectivity index is 1.51. The van der Waals surface area contributed by atoms with Crippen LogP contribution < -0.4 is 15.4 Å². The van der Waals surface area contributed by atoms with Crippen molar-refractivity contribution in [3.05, 3.63) is 59.1 Å². The van der Waals surface area contributed by atoms with Gasteiger partial charge >= 0.3 is 5.97 Å². The first-order chi connectivity index (χ1) is 21.3. The average Bonchev–Trinajstić information content (AvgIpc) is 3.48. The molecule has 13 nitrogen and oxygen atoms in total. The Hall–Kier alpha value is -4.02. The van der Waals surface area contributed by atoms with Crippen molar-refractivity contribution in [1.82, 2.24) is 19.6 Å². The first-order valence-electron chi connectivity index (χ1n) is 13.2. The predicted octanol–water partition coefficient (Wildman–Crippen LogP) is 2.78. The van der Waals surface area contributed by atoms with Gasteiger partial charge in [-0.15, -0.1) is 23.4 Å². The molecule has 3 heterocycles. The molecule has 2 aromatic rings. The third kappa shape index (κ3) is 7.92. The number of benzene rings is 1. The van der Waals surface area contributed by atoms with Crippen molar-refractivity contribution in [2.75, 3.05) is 37.3 Å². The third-order valence-corrected chi connectivity index (χ3v) is 8.19. The van der Waals surface area contributed by atoms with E-state index in [1.54, 1.807) is 43.5 Å². The molecule has 0 aliphatic carbocycles. The largest absolute Gasteiger partial charge is 0.497 e. The summed E-state index contributed by atoms with van der Waals surface area (Å²) in [6.07, 6.45) is 3.36. The number of hydrogen-bond donors (Lipinski definition) is 2. The highest BCUT2D eigenvalue weighted by Crippen LogP contribution is 2.41. The summed E-state index contributed by atoms with van der Waals surface area (Å²) >= 11 is 7.97. The number of fused-ring (bicyclic) bond motifs is 1. The Labute approximate surface area is 265 Å². The van der Waals surface area contributed by atoms with Crippen LogP contribution in [0, 0.1) is 0 Å². The van der Waals surface area contributed by atoms with Crippen molar-refractivity contribution >= 4 is 69.4 Å². The number of rotatable bonds is 14. The summed E-state index contributed by atoms with van der Waals surface area (Å²) in [4.78, 5) is 61.8. The number of β-lactam (4-membered cyclic amide) rings is 1. The molecule has 1 aromatic heterocycles. The smallest absolute Gasteiger partial charge is 0.355 e. The molecule has 0 unspecified atom stereocenters. The molecule has 44 heavy (non-hydrogen) atoms. The molecular weight excluding hydrogens is 639 g/mol. The van der Waals surface area contributed by atoms with Crippen LogP contribution >= 0.6 is 34.9 Å². The highest BCUT2D eigenvalue weighted by Gasteiger charge is 2.54. The summed E-state index contributed by atoms with van der Waals surface area (Å²) in [6.45, 7) is 0.482. The minimum Gasteiger partial charge on any atom is -0.497 e. The molecule has 2 atom stereocenters. The van der Waals surface area contributed by atoms with E-state index in [-0.39, 0.29) is 47.9 Å². The Morgan fingerprint density at radius 3 is 2.73 bits per heavy atom. The summed E-state index contributed by atoms with van der Waals surface area (Å²) in [5, 5.41) is 8.34. The van der Waals surface area contributed by atoms with Gasteiger partial charge in [0.25, 0.3) is 11.8 Å². The number of carbonyl (C=O) groups excluding carboxylic acids is 4. The van der Waals surface area contributed by atoms with E-state index >= 15 is 0 Å². The van der Waals surface area contributed by atoms with Crippen LogP contribution in [-0.2, 0) is 35.4 Å². The van der Waals surface area contributed by atoms with Crippen molar-refractivity contribution in [3.8, 4) is 5.75 Å². The zero-order valence-corrected chi connectivity index (χ0v) is 26.0. The molecule has 2 aliphatic rings. The van der Waals surface area contributed by atoms with Gasteiger partial charge in [0.2, 0.25) is 22.6 Å².